The standard InChI is InChI=1S/C9H10FNO3/c10-4-5-14-7-8-2-1-3-9(6-8)11(12)13/h1-3,6H,4-5,7H2. The molecule has 14 heavy (non-hydrogen) atoms. The number of alkyl halides is 1. The summed E-state index contributed by atoms with van der Waals surface area (Å²) in [4.78, 5) is 9.91. The number of nitrogens with zero attached hydrogens (tertiary/aromatic N) is 1. The number of rotatable bonds is 5. The van der Waals surface area contributed by atoms with Crippen molar-refractivity contribution < 1.29 is 14.1 Å². The predicted octanol–water partition coefficient (Wildman–Crippen LogP) is 2.08. The maximum Gasteiger partial charge on any atom is 0.269 e. The topological polar surface area (TPSA) is 52.4 Å². The summed E-state index contributed by atoms with van der Waals surface area (Å²) in [5, 5.41) is 10.4. The van der Waals surface area contributed by atoms with Crippen LogP contribution in [-0.2, 0) is 11.3 Å². The molecule has 4 nitrogen and oxygen atoms in total. The lowest BCUT2D eigenvalue weighted by Gasteiger charge is -2.01. The quantitative estimate of drug-likeness (QED) is 0.414. The number of ether oxygens (including phenoxy) is 1. The van der Waals surface area contributed by atoms with Crippen LogP contribution in [0.3, 0.4) is 0 Å². The molecular formula is C9H10FNO3. The molecule has 1 rings (SSSR count). The van der Waals surface area contributed by atoms with Crippen LogP contribution in [0.1, 0.15) is 5.56 Å². The van der Waals surface area contributed by atoms with Gasteiger partial charge in [0.15, 0.2) is 0 Å². The van der Waals surface area contributed by atoms with Gasteiger partial charge in [-0.1, -0.05) is 12.1 Å². The molecule has 0 aliphatic heterocycles. The molecule has 0 unspecified atom stereocenters. The monoisotopic (exact) mass is 199 g/mol. The van der Waals surface area contributed by atoms with Crippen molar-refractivity contribution in [3.05, 3.63) is 39.9 Å². The van der Waals surface area contributed by atoms with Crippen LogP contribution in [-0.4, -0.2) is 18.2 Å². The normalized spacial score (nSPS) is 10.1. The number of nitro groups is 1. The smallest absolute Gasteiger partial charge is 0.269 e. The largest absolute Gasteiger partial charge is 0.374 e. The molecule has 0 aromatic heterocycles. The van der Waals surface area contributed by atoms with Gasteiger partial charge in [0, 0.05) is 12.1 Å². The second-order valence-corrected chi connectivity index (χ2v) is 2.67. The maximum absolute atomic E-state index is 11.7. The first kappa shape index (κ1) is 10.6. The molecule has 1 aromatic carbocycles. The fourth-order valence-electron chi connectivity index (χ4n) is 1.00. The van der Waals surface area contributed by atoms with Gasteiger partial charge in [-0.15, -0.1) is 0 Å². The minimum atomic E-state index is -0.547. The Morgan fingerprint density at radius 1 is 1.50 bits per heavy atom. The maximum atomic E-state index is 11.7. The zero-order chi connectivity index (χ0) is 10.4. The second-order valence-electron chi connectivity index (χ2n) is 2.67. The zero-order valence-electron chi connectivity index (χ0n) is 7.48. The minimum absolute atomic E-state index is 0.0166. The van der Waals surface area contributed by atoms with Crippen molar-refractivity contribution in [2.24, 2.45) is 0 Å². The van der Waals surface area contributed by atoms with Gasteiger partial charge in [-0.2, -0.15) is 0 Å². The average molecular weight is 199 g/mol. The Bertz CT molecular complexity index is 317. The highest BCUT2D eigenvalue weighted by Gasteiger charge is 2.04. The van der Waals surface area contributed by atoms with Crippen molar-refractivity contribution in [1.29, 1.82) is 0 Å². The summed E-state index contributed by atoms with van der Waals surface area (Å²) in [6.45, 7) is -0.330. The molecule has 0 heterocycles. The van der Waals surface area contributed by atoms with Crippen LogP contribution in [0.5, 0.6) is 0 Å². The van der Waals surface area contributed by atoms with E-state index in [4.69, 9.17) is 4.74 Å². The highest BCUT2D eigenvalue weighted by atomic mass is 19.1. The third kappa shape index (κ3) is 3.10. The van der Waals surface area contributed by atoms with Crippen LogP contribution >= 0.6 is 0 Å². The van der Waals surface area contributed by atoms with E-state index in [9.17, 15) is 14.5 Å². The van der Waals surface area contributed by atoms with Gasteiger partial charge in [0.1, 0.15) is 6.67 Å². The molecule has 0 saturated carbocycles. The minimum Gasteiger partial charge on any atom is -0.374 e. The Balaban J connectivity index is 2.59. The van der Waals surface area contributed by atoms with Crippen LogP contribution in [0.15, 0.2) is 24.3 Å². The first-order chi connectivity index (χ1) is 6.74. The van der Waals surface area contributed by atoms with Crippen LogP contribution in [0.2, 0.25) is 0 Å². The summed E-state index contributed by atoms with van der Waals surface area (Å²) in [5.41, 5.74) is 0.694. The molecule has 0 spiro atoms. The third-order valence-corrected chi connectivity index (χ3v) is 1.61. The average Bonchev–Trinajstić information content (AvgIpc) is 2.19. The van der Waals surface area contributed by atoms with Gasteiger partial charge in [-0.3, -0.25) is 10.1 Å². The van der Waals surface area contributed by atoms with E-state index in [1.807, 2.05) is 0 Å². The predicted molar refractivity (Wildman–Crippen MR) is 48.7 cm³/mol. The van der Waals surface area contributed by atoms with Crippen LogP contribution in [0, 0.1) is 10.1 Å². The molecule has 0 saturated heterocycles. The molecule has 0 fully saturated rings. The van der Waals surface area contributed by atoms with E-state index < -0.39 is 11.6 Å². The summed E-state index contributed by atoms with van der Waals surface area (Å²) in [6, 6.07) is 6.09. The number of benzene rings is 1. The Morgan fingerprint density at radius 2 is 2.29 bits per heavy atom. The van der Waals surface area contributed by atoms with E-state index in [1.54, 1.807) is 12.1 Å². The summed E-state index contributed by atoms with van der Waals surface area (Å²) in [6.07, 6.45) is 0. The first-order valence-electron chi connectivity index (χ1n) is 4.11. The van der Waals surface area contributed by atoms with E-state index in [-0.39, 0.29) is 18.9 Å². The molecule has 0 radical (unpaired) electrons. The molecule has 0 N–H and O–H groups in total. The van der Waals surface area contributed by atoms with E-state index >= 15 is 0 Å². The van der Waals surface area contributed by atoms with Crippen molar-refractivity contribution in [3.8, 4) is 0 Å². The molecule has 0 aliphatic rings. The molecule has 0 amide bonds. The molecule has 76 valence electrons. The summed E-state index contributed by atoms with van der Waals surface area (Å²) in [7, 11) is 0. The lowest BCUT2D eigenvalue weighted by Crippen LogP contribution is -1.97. The summed E-state index contributed by atoms with van der Waals surface area (Å²) in [5.74, 6) is 0. The van der Waals surface area contributed by atoms with Gasteiger partial charge >= 0.3 is 0 Å². The third-order valence-electron chi connectivity index (χ3n) is 1.61. The van der Waals surface area contributed by atoms with Gasteiger partial charge < -0.3 is 4.74 Å². The van der Waals surface area contributed by atoms with Crippen LogP contribution < -0.4 is 0 Å². The molecule has 1 aromatic rings. The fourth-order valence-corrected chi connectivity index (χ4v) is 1.00. The Labute approximate surface area is 80.5 Å². The molecule has 5 heteroatoms. The second kappa shape index (κ2) is 5.29. The Hall–Kier alpha value is -1.49. The van der Waals surface area contributed by atoms with Crippen LogP contribution in [0.4, 0.5) is 10.1 Å². The van der Waals surface area contributed by atoms with E-state index in [0.29, 0.717) is 5.56 Å². The Morgan fingerprint density at radius 3 is 2.93 bits per heavy atom. The SMILES string of the molecule is O=[N+]([O-])c1cccc(COCCF)c1. The van der Waals surface area contributed by atoms with E-state index in [2.05, 4.69) is 0 Å². The lowest BCUT2D eigenvalue weighted by molar-refractivity contribution is -0.384. The number of non-ortho nitro benzene ring substituents is 1. The highest BCUT2D eigenvalue weighted by molar-refractivity contribution is 5.33. The molecule has 0 bridgehead atoms. The lowest BCUT2D eigenvalue weighted by atomic mass is 10.2. The molecule has 0 aliphatic carbocycles. The highest BCUT2D eigenvalue weighted by Crippen LogP contribution is 2.13. The van der Waals surface area contributed by atoms with Gasteiger partial charge in [0.2, 0.25) is 0 Å². The van der Waals surface area contributed by atoms with Gasteiger partial charge in [-0.05, 0) is 5.56 Å². The Kier molecular flexibility index (Phi) is 4.00. The fraction of sp³-hybridized carbons (Fsp3) is 0.333. The number of hydrogen-bond acceptors (Lipinski definition) is 3. The molecular weight excluding hydrogens is 189 g/mol. The van der Waals surface area contributed by atoms with Gasteiger partial charge in [0.25, 0.3) is 5.69 Å². The van der Waals surface area contributed by atoms with Crippen molar-refractivity contribution >= 4 is 5.69 Å². The summed E-state index contributed by atoms with van der Waals surface area (Å²) >= 11 is 0. The number of nitro benzene ring substituents is 1. The van der Waals surface area contributed by atoms with Crippen molar-refractivity contribution in [2.45, 2.75) is 6.61 Å². The van der Waals surface area contributed by atoms with Crippen molar-refractivity contribution in [3.63, 3.8) is 0 Å². The van der Waals surface area contributed by atoms with E-state index in [0.717, 1.165) is 0 Å². The number of halogens is 1. The van der Waals surface area contributed by atoms with E-state index in [1.165, 1.54) is 12.1 Å². The van der Waals surface area contributed by atoms with Crippen molar-refractivity contribution in [1.82, 2.24) is 0 Å². The zero-order valence-corrected chi connectivity index (χ0v) is 7.48. The van der Waals surface area contributed by atoms with Crippen molar-refractivity contribution in [2.75, 3.05) is 13.3 Å². The van der Waals surface area contributed by atoms with Gasteiger partial charge in [0.05, 0.1) is 18.1 Å². The van der Waals surface area contributed by atoms with Crippen LogP contribution in [0.25, 0.3) is 0 Å². The summed E-state index contributed by atoms with van der Waals surface area (Å²) < 4.78 is 16.6. The van der Waals surface area contributed by atoms with Gasteiger partial charge in [-0.25, -0.2) is 4.39 Å². The first-order valence-corrected chi connectivity index (χ1v) is 4.11. The number of hydrogen-bond donors (Lipinski definition) is 0. The molecule has 0 atom stereocenters.